The van der Waals surface area contributed by atoms with Gasteiger partial charge in [-0.25, -0.2) is 0 Å². The zero-order valence-corrected chi connectivity index (χ0v) is 20.0. The summed E-state index contributed by atoms with van der Waals surface area (Å²) in [7, 11) is 0. The van der Waals surface area contributed by atoms with Gasteiger partial charge in [0.25, 0.3) is 5.91 Å². The van der Waals surface area contributed by atoms with Crippen molar-refractivity contribution in [2.45, 2.75) is 33.6 Å². The molecule has 1 amide bonds. The number of nitrogens with one attached hydrogen (secondary N) is 1. The summed E-state index contributed by atoms with van der Waals surface area (Å²) >= 11 is 6.19. The summed E-state index contributed by atoms with van der Waals surface area (Å²) in [5, 5.41) is 12.5. The van der Waals surface area contributed by atoms with Gasteiger partial charge in [-0.15, -0.1) is 10.2 Å². The summed E-state index contributed by atoms with van der Waals surface area (Å²) < 4.78 is 5.65. The van der Waals surface area contributed by atoms with E-state index in [9.17, 15) is 4.79 Å². The number of anilines is 2. The highest BCUT2D eigenvalue weighted by molar-refractivity contribution is 6.32. The second kappa shape index (κ2) is 10.2. The van der Waals surface area contributed by atoms with Gasteiger partial charge in [0, 0.05) is 29.4 Å². The number of hydrogen-bond acceptors (Lipinski definition) is 5. The molecule has 1 aliphatic rings. The second-order valence-corrected chi connectivity index (χ2v) is 9.11. The maximum Gasteiger partial charge on any atom is 0.262 e. The Bertz CT molecular complexity index is 1100. The average Bonchev–Trinajstić information content (AvgIpc) is 2.82. The van der Waals surface area contributed by atoms with Gasteiger partial charge in [0.15, 0.2) is 12.4 Å². The minimum atomic E-state index is -0.238. The summed E-state index contributed by atoms with van der Waals surface area (Å²) in [4.78, 5) is 14.7. The topological polar surface area (TPSA) is 67.3 Å². The van der Waals surface area contributed by atoms with Crippen molar-refractivity contribution in [3.8, 4) is 17.0 Å². The highest BCUT2D eigenvalue weighted by Crippen LogP contribution is 2.26. The molecule has 4 rings (SSSR count). The minimum Gasteiger partial charge on any atom is -0.484 e. The molecule has 0 unspecified atom stereocenters. The molecule has 1 saturated heterocycles. The van der Waals surface area contributed by atoms with Gasteiger partial charge in [-0.1, -0.05) is 30.7 Å². The molecule has 0 atom stereocenters. The lowest BCUT2D eigenvalue weighted by molar-refractivity contribution is -0.118. The lowest BCUT2D eigenvalue weighted by Gasteiger charge is -2.30. The first-order valence-corrected chi connectivity index (χ1v) is 11.7. The normalized spacial score (nSPS) is 14.2. The number of halogens is 1. The van der Waals surface area contributed by atoms with Crippen LogP contribution in [-0.4, -0.2) is 35.8 Å². The SMILES string of the molecule is Cc1cc(OCC(=O)Nc2cccc(-c3ccc(N4CCC(C)CC4)nn3)c2)cc(C)c1Cl. The molecule has 7 heteroatoms. The molecule has 0 bridgehead atoms. The van der Waals surface area contributed by atoms with Crippen LogP contribution in [0.1, 0.15) is 30.9 Å². The molecule has 0 radical (unpaired) electrons. The van der Waals surface area contributed by atoms with Gasteiger partial charge >= 0.3 is 0 Å². The summed E-state index contributed by atoms with van der Waals surface area (Å²) in [5.41, 5.74) is 4.18. The smallest absolute Gasteiger partial charge is 0.262 e. The zero-order chi connectivity index (χ0) is 23.4. The lowest BCUT2D eigenvalue weighted by atomic mass is 9.99. The number of rotatable bonds is 6. The van der Waals surface area contributed by atoms with Crippen molar-refractivity contribution in [3.63, 3.8) is 0 Å². The Morgan fingerprint density at radius 2 is 1.82 bits per heavy atom. The van der Waals surface area contributed by atoms with Crippen LogP contribution in [-0.2, 0) is 4.79 Å². The summed E-state index contributed by atoms with van der Waals surface area (Å²) in [5.74, 6) is 2.08. The van der Waals surface area contributed by atoms with Crippen LogP contribution in [0.25, 0.3) is 11.3 Å². The highest BCUT2D eigenvalue weighted by atomic mass is 35.5. The molecule has 0 spiro atoms. The Balaban J connectivity index is 1.37. The summed E-state index contributed by atoms with van der Waals surface area (Å²) in [6.07, 6.45) is 2.37. The maximum atomic E-state index is 12.4. The molecule has 0 saturated carbocycles. The molecule has 6 nitrogen and oxygen atoms in total. The summed E-state index contributed by atoms with van der Waals surface area (Å²) in [6.45, 7) is 8.07. The number of nitrogens with zero attached hydrogens (tertiary/aromatic N) is 3. The third kappa shape index (κ3) is 5.82. The average molecular weight is 465 g/mol. The number of aromatic nitrogens is 2. The first-order chi connectivity index (χ1) is 15.9. The van der Waals surface area contributed by atoms with Gasteiger partial charge in [-0.2, -0.15) is 0 Å². The zero-order valence-electron chi connectivity index (χ0n) is 19.3. The molecule has 33 heavy (non-hydrogen) atoms. The van der Waals surface area contributed by atoms with E-state index in [0.29, 0.717) is 16.5 Å². The molecule has 1 fully saturated rings. The minimum absolute atomic E-state index is 0.0896. The largest absolute Gasteiger partial charge is 0.484 e. The van der Waals surface area contributed by atoms with Crippen molar-refractivity contribution in [3.05, 3.63) is 64.7 Å². The molecular formula is C26H29ClN4O2. The number of aryl methyl sites for hydroxylation is 2. The number of carbonyl (C=O) groups excluding carboxylic acids is 1. The van der Waals surface area contributed by atoms with E-state index in [2.05, 4.69) is 27.3 Å². The molecule has 172 valence electrons. The monoisotopic (exact) mass is 464 g/mol. The van der Waals surface area contributed by atoms with E-state index in [1.807, 2.05) is 62.4 Å². The molecular weight excluding hydrogens is 436 g/mol. The number of hydrogen-bond donors (Lipinski definition) is 1. The van der Waals surface area contributed by atoms with Gasteiger partial charge in [0.1, 0.15) is 5.75 Å². The molecule has 2 heterocycles. The maximum absolute atomic E-state index is 12.4. The first kappa shape index (κ1) is 23.1. The van der Waals surface area contributed by atoms with Crippen LogP contribution in [0.15, 0.2) is 48.5 Å². The van der Waals surface area contributed by atoms with Gasteiger partial charge in [-0.05, 0) is 80.1 Å². The fraction of sp³-hybridized carbons (Fsp3) is 0.346. The third-order valence-corrected chi connectivity index (χ3v) is 6.58. The fourth-order valence-corrected chi connectivity index (χ4v) is 4.09. The van der Waals surface area contributed by atoms with Gasteiger partial charge in [0.05, 0.1) is 5.69 Å². The van der Waals surface area contributed by atoms with Gasteiger partial charge in [0.2, 0.25) is 0 Å². The van der Waals surface area contributed by atoms with Crippen LogP contribution in [0, 0.1) is 19.8 Å². The predicted octanol–water partition coefficient (Wildman–Crippen LogP) is 5.67. The van der Waals surface area contributed by atoms with Crippen molar-refractivity contribution in [1.29, 1.82) is 0 Å². The van der Waals surface area contributed by atoms with Crippen LogP contribution in [0.5, 0.6) is 5.75 Å². The fourth-order valence-electron chi connectivity index (χ4n) is 3.98. The molecule has 3 aromatic rings. The van der Waals surface area contributed by atoms with E-state index < -0.39 is 0 Å². The quantitative estimate of drug-likeness (QED) is 0.509. The highest BCUT2D eigenvalue weighted by Gasteiger charge is 2.17. The number of ether oxygens (including phenoxy) is 1. The Labute approximate surface area is 199 Å². The van der Waals surface area contributed by atoms with Crippen LogP contribution >= 0.6 is 11.6 Å². The standard InChI is InChI=1S/C26H29ClN4O2/c1-17-9-11-31(12-10-17)24-8-7-23(29-30-24)20-5-4-6-21(15-20)28-25(32)16-33-22-13-18(2)26(27)19(3)14-22/h4-8,13-15,17H,9-12,16H2,1-3H3,(H,28,32). The lowest BCUT2D eigenvalue weighted by Crippen LogP contribution is -2.33. The van der Waals surface area contributed by atoms with Crippen molar-refractivity contribution in [2.75, 3.05) is 29.9 Å². The van der Waals surface area contributed by atoms with Crippen molar-refractivity contribution < 1.29 is 9.53 Å². The van der Waals surface area contributed by atoms with Crippen LogP contribution in [0.3, 0.4) is 0 Å². The van der Waals surface area contributed by atoms with E-state index in [4.69, 9.17) is 16.3 Å². The van der Waals surface area contributed by atoms with E-state index in [1.165, 1.54) is 12.8 Å². The molecule has 1 aromatic heterocycles. The first-order valence-electron chi connectivity index (χ1n) is 11.3. The van der Waals surface area contributed by atoms with E-state index in [0.717, 1.165) is 47.2 Å². The number of benzene rings is 2. The van der Waals surface area contributed by atoms with Crippen molar-refractivity contribution in [2.24, 2.45) is 5.92 Å². The Hall–Kier alpha value is -3.12. The molecule has 1 aliphatic heterocycles. The summed E-state index contributed by atoms with van der Waals surface area (Å²) in [6, 6.07) is 15.2. The molecule has 0 aliphatic carbocycles. The molecule has 1 N–H and O–H groups in total. The van der Waals surface area contributed by atoms with Crippen LogP contribution < -0.4 is 15.0 Å². The Kier molecular flexibility index (Phi) is 7.14. The number of amides is 1. The van der Waals surface area contributed by atoms with Crippen LogP contribution in [0.4, 0.5) is 11.5 Å². The van der Waals surface area contributed by atoms with E-state index in [-0.39, 0.29) is 12.5 Å². The second-order valence-electron chi connectivity index (χ2n) is 8.74. The van der Waals surface area contributed by atoms with Gasteiger partial charge < -0.3 is 15.0 Å². The number of piperidine rings is 1. The van der Waals surface area contributed by atoms with E-state index in [1.54, 1.807) is 0 Å². The Morgan fingerprint density at radius 1 is 1.09 bits per heavy atom. The number of carbonyl (C=O) groups is 1. The Morgan fingerprint density at radius 3 is 2.48 bits per heavy atom. The third-order valence-electron chi connectivity index (χ3n) is 5.98. The van der Waals surface area contributed by atoms with Crippen molar-refractivity contribution in [1.82, 2.24) is 10.2 Å². The van der Waals surface area contributed by atoms with E-state index >= 15 is 0 Å². The van der Waals surface area contributed by atoms with Crippen molar-refractivity contribution >= 4 is 29.0 Å². The predicted molar refractivity (Wildman–Crippen MR) is 133 cm³/mol. The van der Waals surface area contributed by atoms with Gasteiger partial charge in [-0.3, -0.25) is 4.79 Å². The molecule has 2 aromatic carbocycles. The van der Waals surface area contributed by atoms with Crippen LogP contribution in [0.2, 0.25) is 5.02 Å².